The second-order valence-electron chi connectivity index (χ2n) is 2.50. The predicted molar refractivity (Wildman–Crippen MR) is 60.0 cm³/mol. The molecule has 0 radical (unpaired) electrons. The molecule has 1 aromatic rings. The zero-order valence-corrected chi connectivity index (χ0v) is 10.5. The average Bonchev–Trinajstić information content (AvgIpc) is 2.16. The van der Waals surface area contributed by atoms with Crippen LogP contribution in [0.4, 0.5) is 5.69 Å². The Balaban J connectivity index is 3.35. The van der Waals surface area contributed by atoms with Crippen LogP contribution in [0.25, 0.3) is 0 Å². The highest BCUT2D eigenvalue weighted by Crippen LogP contribution is 2.33. The molecule has 0 saturated carbocycles. The van der Waals surface area contributed by atoms with Crippen molar-refractivity contribution in [3.8, 4) is 5.75 Å². The normalized spacial score (nSPS) is 9.93. The molecule has 0 unspecified atom stereocenters. The van der Waals surface area contributed by atoms with E-state index in [4.69, 9.17) is 4.74 Å². The molecule has 0 heterocycles. The van der Waals surface area contributed by atoms with Crippen LogP contribution in [0.2, 0.25) is 0 Å². The van der Waals surface area contributed by atoms with Gasteiger partial charge in [-0.2, -0.15) is 0 Å². The molecule has 14 heavy (non-hydrogen) atoms. The number of nitrogens with zero attached hydrogens (tertiary/aromatic N) is 1. The summed E-state index contributed by atoms with van der Waals surface area (Å²) in [4.78, 5) is 10.3. The molecule has 1 aromatic carbocycles. The van der Waals surface area contributed by atoms with Crippen LogP contribution in [0.5, 0.6) is 5.75 Å². The first-order valence-electron chi connectivity index (χ1n) is 3.67. The number of alkyl halides is 1. The molecule has 0 aliphatic rings. The van der Waals surface area contributed by atoms with Gasteiger partial charge < -0.3 is 4.74 Å². The third-order valence-electron chi connectivity index (χ3n) is 1.71. The summed E-state index contributed by atoms with van der Waals surface area (Å²) in [5.41, 5.74) is 0.656. The molecule has 0 saturated heterocycles. The standard InChI is InChI=1S/C8H7Br2NO3/c1-14-5-2-7(10)6(4-9)8(3-5)11(12)13/h2-3H,4H2,1H3. The maximum Gasteiger partial charge on any atom is 0.278 e. The maximum absolute atomic E-state index is 10.7. The van der Waals surface area contributed by atoms with E-state index in [9.17, 15) is 10.1 Å². The zero-order chi connectivity index (χ0) is 10.7. The van der Waals surface area contributed by atoms with Crippen molar-refractivity contribution in [3.63, 3.8) is 0 Å². The number of nitro groups is 1. The largest absolute Gasteiger partial charge is 0.496 e. The summed E-state index contributed by atoms with van der Waals surface area (Å²) in [6.45, 7) is 0. The van der Waals surface area contributed by atoms with Gasteiger partial charge in [-0.15, -0.1) is 0 Å². The second-order valence-corrected chi connectivity index (χ2v) is 3.91. The van der Waals surface area contributed by atoms with Crippen molar-refractivity contribution in [2.24, 2.45) is 0 Å². The summed E-state index contributed by atoms with van der Waals surface area (Å²) >= 11 is 6.45. The minimum atomic E-state index is -0.427. The van der Waals surface area contributed by atoms with Crippen LogP contribution in [-0.4, -0.2) is 12.0 Å². The molecule has 1 rings (SSSR count). The van der Waals surface area contributed by atoms with Crippen molar-refractivity contribution in [2.75, 3.05) is 7.11 Å². The Morgan fingerprint density at radius 1 is 1.57 bits per heavy atom. The molecular formula is C8H7Br2NO3. The van der Waals surface area contributed by atoms with Crippen LogP contribution < -0.4 is 4.74 Å². The molecule has 0 N–H and O–H groups in total. The Morgan fingerprint density at radius 2 is 2.21 bits per heavy atom. The van der Waals surface area contributed by atoms with Gasteiger partial charge in [0, 0.05) is 9.80 Å². The van der Waals surface area contributed by atoms with Gasteiger partial charge in [0.2, 0.25) is 0 Å². The van der Waals surface area contributed by atoms with Crippen molar-refractivity contribution >= 4 is 37.5 Å². The van der Waals surface area contributed by atoms with Crippen LogP contribution in [0.3, 0.4) is 0 Å². The zero-order valence-electron chi connectivity index (χ0n) is 7.29. The Kier molecular flexibility index (Phi) is 3.88. The third-order valence-corrected chi connectivity index (χ3v) is 2.98. The molecule has 0 aliphatic carbocycles. The number of methoxy groups -OCH3 is 1. The van der Waals surface area contributed by atoms with Crippen LogP contribution in [0.1, 0.15) is 5.56 Å². The van der Waals surface area contributed by atoms with Gasteiger partial charge in [-0.3, -0.25) is 10.1 Å². The quantitative estimate of drug-likeness (QED) is 0.487. The summed E-state index contributed by atoms with van der Waals surface area (Å²) in [5.74, 6) is 0.466. The van der Waals surface area contributed by atoms with E-state index in [2.05, 4.69) is 31.9 Å². The number of nitro benzene ring substituents is 1. The molecule has 0 spiro atoms. The molecule has 0 bridgehead atoms. The van der Waals surface area contributed by atoms with E-state index in [1.54, 1.807) is 6.07 Å². The van der Waals surface area contributed by atoms with Gasteiger partial charge in [-0.05, 0) is 6.07 Å². The Labute approximate surface area is 97.7 Å². The van der Waals surface area contributed by atoms with Crippen molar-refractivity contribution in [3.05, 3.63) is 32.3 Å². The van der Waals surface area contributed by atoms with Gasteiger partial charge in [0.15, 0.2) is 0 Å². The minimum absolute atomic E-state index is 0.0492. The van der Waals surface area contributed by atoms with E-state index in [1.807, 2.05) is 0 Å². The topological polar surface area (TPSA) is 52.4 Å². The van der Waals surface area contributed by atoms with Gasteiger partial charge in [0.1, 0.15) is 5.75 Å². The number of hydrogen-bond acceptors (Lipinski definition) is 3. The Morgan fingerprint density at radius 3 is 2.64 bits per heavy atom. The van der Waals surface area contributed by atoms with Gasteiger partial charge in [-0.1, -0.05) is 31.9 Å². The molecule has 6 heteroatoms. The van der Waals surface area contributed by atoms with E-state index in [1.165, 1.54) is 13.2 Å². The highest BCUT2D eigenvalue weighted by molar-refractivity contribution is 9.10. The molecule has 0 aromatic heterocycles. The summed E-state index contributed by atoms with van der Waals surface area (Å²) < 4.78 is 5.60. The average molecular weight is 325 g/mol. The first kappa shape index (κ1) is 11.5. The lowest BCUT2D eigenvalue weighted by Crippen LogP contribution is -1.96. The van der Waals surface area contributed by atoms with Gasteiger partial charge >= 0.3 is 0 Å². The number of rotatable bonds is 3. The van der Waals surface area contributed by atoms with Crippen molar-refractivity contribution in [2.45, 2.75) is 5.33 Å². The predicted octanol–water partition coefficient (Wildman–Crippen LogP) is 3.26. The fourth-order valence-corrected chi connectivity index (χ4v) is 2.55. The van der Waals surface area contributed by atoms with Gasteiger partial charge in [-0.25, -0.2) is 0 Å². The molecule has 76 valence electrons. The maximum atomic E-state index is 10.7. The summed E-state index contributed by atoms with van der Waals surface area (Å²) in [5, 5.41) is 11.1. The van der Waals surface area contributed by atoms with Crippen molar-refractivity contribution < 1.29 is 9.66 Å². The first-order chi connectivity index (χ1) is 6.60. The molecular weight excluding hydrogens is 318 g/mol. The lowest BCUT2D eigenvalue weighted by molar-refractivity contribution is -0.385. The molecule has 0 fully saturated rings. The SMILES string of the molecule is COc1cc(Br)c(CBr)c([N+](=O)[O-])c1. The molecule has 4 nitrogen and oxygen atoms in total. The summed E-state index contributed by atoms with van der Waals surface area (Å²) in [6, 6.07) is 3.10. The number of hydrogen-bond donors (Lipinski definition) is 0. The summed E-state index contributed by atoms with van der Waals surface area (Å²) in [6.07, 6.45) is 0. The third kappa shape index (κ3) is 2.24. The lowest BCUT2D eigenvalue weighted by Gasteiger charge is -2.05. The highest BCUT2D eigenvalue weighted by atomic mass is 79.9. The first-order valence-corrected chi connectivity index (χ1v) is 5.58. The van der Waals surface area contributed by atoms with Crippen LogP contribution in [0.15, 0.2) is 16.6 Å². The lowest BCUT2D eigenvalue weighted by atomic mass is 10.2. The highest BCUT2D eigenvalue weighted by Gasteiger charge is 2.17. The fourth-order valence-electron chi connectivity index (χ4n) is 1.01. The molecule has 0 amide bonds. The fraction of sp³-hybridized carbons (Fsp3) is 0.250. The Hall–Kier alpha value is -0.620. The van der Waals surface area contributed by atoms with E-state index in [0.717, 1.165) is 0 Å². The number of benzene rings is 1. The van der Waals surface area contributed by atoms with Gasteiger partial charge in [0.05, 0.1) is 23.7 Å². The van der Waals surface area contributed by atoms with E-state index >= 15 is 0 Å². The van der Waals surface area contributed by atoms with E-state index in [0.29, 0.717) is 21.1 Å². The van der Waals surface area contributed by atoms with Crippen molar-refractivity contribution in [1.82, 2.24) is 0 Å². The molecule has 0 atom stereocenters. The van der Waals surface area contributed by atoms with Gasteiger partial charge in [0.25, 0.3) is 5.69 Å². The second kappa shape index (κ2) is 4.75. The van der Waals surface area contributed by atoms with Crippen LogP contribution in [0, 0.1) is 10.1 Å². The monoisotopic (exact) mass is 323 g/mol. The summed E-state index contributed by atoms with van der Waals surface area (Å²) in [7, 11) is 1.47. The van der Waals surface area contributed by atoms with E-state index in [-0.39, 0.29) is 5.69 Å². The smallest absolute Gasteiger partial charge is 0.278 e. The van der Waals surface area contributed by atoms with Crippen LogP contribution >= 0.6 is 31.9 Å². The minimum Gasteiger partial charge on any atom is -0.496 e. The number of halogens is 2. The van der Waals surface area contributed by atoms with E-state index < -0.39 is 4.92 Å². The molecule has 0 aliphatic heterocycles. The van der Waals surface area contributed by atoms with Crippen LogP contribution in [-0.2, 0) is 5.33 Å². The number of ether oxygens (including phenoxy) is 1. The van der Waals surface area contributed by atoms with Crippen molar-refractivity contribution in [1.29, 1.82) is 0 Å². The Bertz CT molecular complexity index is 368.